The molecule has 3 rings (SSSR count). The molecule has 0 atom stereocenters. The molecule has 0 amide bonds. The van der Waals surface area contributed by atoms with Crippen molar-refractivity contribution in [1.29, 1.82) is 0 Å². The van der Waals surface area contributed by atoms with Gasteiger partial charge in [-0.25, -0.2) is 0 Å². The molecule has 1 aliphatic rings. The van der Waals surface area contributed by atoms with Crippen LogP contribution in [0.15, 0.2) is 23.8 Å². The third-order valence-corrected chi connectivity index (χ3v) is 3.86. The van der Waals surface area contributed by atoms with E-state index in [-0.39, 0.29) is 5.88 Å². The van der Waals surface area contributed by atoms with Crippen LogP contribution in [0, 0.1) is 0 Å². The average Bonchev–Trinajstić information content (AvgIpc) is 2.66. The summed E-state index contributed by atoms with van der Waals surface area (Å²) in [5, 5.41) is 11.7. The SMILES string of the molecule is Oc1[nH]c2cc(Cl)ccc2c1C=C1CCCCC1. The van der Waals surface area contributed by atoms with Crippen LogP contribution in [-0.4, -0.2) is 10.1 Å². The zero-order valence-corrected chi connectivity index (χ0v) is 10.9. The van der Waals surface area contributed by atoms with Crippen LogP contribution in [0.2, 0.25) is 5.02 Å². The number of rotatable bonds is 1. The van der Waals surface area contributed by atoms with Gasteiger partial charge in [0.1, 0.15) is 0 Å². The summed E-state index contributed by atoms with van der Waals surface area (Å²) in [6, 6.07) is 5.67. The van der Waals surface area contributed by atoms with Crippen LogP contribution >= 0.6 is 11.6 Å². The van der Waals surface area contributed by atoms with E-state index < -0.39 is 0 Å². The lowest BCUT2D eigenvalue weighted by Crippen LogP contribution is -1.93. The molecular weight excluding hydrogens is 246 g/mol. The second kappa shape index (κ2) is 4.69. The van der Waals surface area contributed by atoms with Crippen LogP contribution in [0.25, 0.3) is 17.0 Å². The molecule has 1 aromatic heterocycles. The van der Waals surface area contributed by atoms with Gasteiger partial charge in [0.25, 0.3) is 0 Å². The number of benzene rings is 1. The minimum atomic E-state index is 0.241. The molecule has 0 aliphatic heterocycles. The van der Waals surface area contributed by atoms with Crippen molar-refractivity contribution in [2.24, 2.45) is 0 Å². The summed E-state index contributed by atoms with van der Waals surface area (Å²) < 4.78 is 0. The van der Waals surface area contributed by atoms with E-state index in [1.54, 1.807) is 0 Å². The first-order valence-corrected chi connectivity index (χ1v) is 6.81. The molecule has 0 spiro atoms. The maximum absolute atomic E-state index is 10.0. The lowest BCUT2D eigenvalue weighted by molar-refractivity contribution is 0.457. The Morgan fingerprint density at radius 2 is 1.94 bits per heavy atom. The van der Waals surface area contributed by atoms with Crippen LogP contribution in [0.5, 0.6) is 5.88 Å². The summed E-state index contributed by atoms with van der Waals surface area (Å²) >= 11 is 5.96. The van der Waals surface area contributed by atoms with E-state index in [0.717, 1.165) is 29.3 Å². The lowest BCUT2D eigenvalue weighted by Gasteiger charge is -2.13. The number of aromatic nitrogens is 1. The minimum absolute atomic E-state index is 0.241. The summed E-state index contributed by atoms with van der Waals surface area (Å²) in [5.41, 5.74) is 3.23. The van der Waals surface area contributed by atoms with Crippen LogP contribution in [0.1, 0.15) is 37.7 Å². The summed E-state index contributed by atoms with van der Waals surface area (Å²) in [6.07, 6.45) is 8.30. The Morgan fingerprint density at radius 3 is 2.72 bits per heavy atom. The molecule has 0 radical (unpaired) electrons. The van der Waals surface area contributed by atoms with E-state index >= 15 is 0 Å². The normalized spacial score (nSPS) is 16.2. The maximum Gasteiger partial charge on any atom is 0.196 e. The number of hydrogen-bond acceptors (Lipinski definition) is 1. The molecule has 3 heteroatoms. The van der Waals surface area contributed by atoms with Crippen LogP contribution < -0.4 is 0 Å². The molecule has 1 fully saturated rings. The van der Waals surface area contributed by atoms with Gasteiger partial charge in [0, 0.05) is 16.0 Å². The third-order valence-electron chi connectivity index (χ3n) is 3.62. The van der Waals surface area contributed by atoms with E-state index in [9.17, 15) is 5.11 Å². The second-order valence-electron chi connectivity index (χ2n) is 4.94. The fraction of sp³-hybridized carbons (Fsp3) is 0.333. The lowest BCUT2D eigenvalue weighted by atomic mass is 9.93. The Hall–Kier alpha value is -1.41. The predicted octanol–water partition coefficient (Wildman–Crippen LogP) is 4.87. The summed E-state index contributed by atoms with van der Waals surface area (Å²) in [5.74, 6) is 0.241. The third kappa shape index (κ3) is 2.13. The Kier molecular flexibility index (Phi) is 3.04. The quantitative estimate of drug-likeness (QED) is 0.754. The number of aromatic hydroxyl groups is 1. The molecule has 2 N–H and O–H groups in total. The van der Waals surface area contributed by atoms with Gasteiger partial charge < -0.3 is 10.1 Å². The van der Waals surface area contributed by atoms with Crippen molar-refractivity contribution >= 4 is 28.6 Å². The van der Waals surface area contributed by atoms with Gasteiger partial charge in [-0.3, -0.25) is 0 Å². The average molecular weight is 262 g/mol. The van der Waals surface area contributed by atoms with Crippen molar-refractivity contribution in [1.82, 2.24) is 4.98 Å². The smallest absolute Gasteiger partial charge is 0.196 e. The Bertz CT molecular complexity index is 604. The Balaban J connectivity index is 2.08. The topological polar surface area (TPSA) is 36.0 Å². The molecule has 0 unspecified atom stereocenters. The standard InChI is InChI=1S/C15H16ClNO/c16-11-6-7-12-13(15(18)17-14(12)9-11)8-10-4-2-1-3-5-10/h6-9,17-18H,1-5H2. The van der Waals surface area contributed by atoms with Crippen molar-refractivity contribution in [2.75, 3.05) is 0 Å². The molecular formula is C15H16ClNO. The van der Waals surface area contributed by atoms with E-state index in [1.165, 1.54) is 24.8 Å². The molecule has 0 saturated heterocycles. The van der Waals surface area contributed by atoms with E-state index in [2.05, 4.69) is 11.1 Å². The first kappa shape index (κ1) is 11.7. The highest BCUT2D eigenvalue weighted by atomic mass is 35.5. The van der Waals surface area contributed by atoms with Gasteiger partial charge >= 0.3 is 0 Å². The number of fused-ring (bicyclic) bond motifs is 1. The van der Waals surface area contributed by atoms with E-state index in [1.807, 2.05) is 18.2 Å². The molecule has 2 aromatic rings. The highest BCUT2D eigenvalue weighted by Crippen LogP contribution is 2.33. The monoisotopic (exact) mass is 261 g/mol. The van der Waals surface area contributed by atoms with Crippen molar-refractivity contribution < 1.29 is 5.11 Å². The molecule has 18 heavy (non-hydrogen) atoms. The molecule has 1 aromatic carbocycles. The number of halogens is 1. The van der Waals surface area contributed by atoms with Gasteiger partial charge in [0.15, 0.2) is 5.88 Å². The van der Waals surface area contributed by atoms with Crippen LogP contribution in [-0.2, 0) is 0 Å². The highest BCUT2D eigenvalue weighted by molar-refractivity contribution is 6.31. The molecule has 94 valence electrons. The molecule has 0 bridgehead atoms. The first-order chi connectivity index (χ1) is 8.74. The fourth-order valence-corrected chi connectivity index (χ4v) is 2.85. The maximum atomic E-state index is 10.0. The van der Waals surface area contributed by atoms with Crippen LogP contribution in [0.3, 0.4) is 0 Å². The molecule has 1 aliphatic carbocycles. The van der Waals surface area contributed by atoms with E-state index in [4.69, 9.17) is 11.6 Å². The fourth-order valence-electron chi connectivity index (χ4n) is 2.68. The number of allylic oxidation sites excluding steroid dienone is 1. The number of H-pyrrole nitrogens is 1. The first-order valence-electron chi connectivity index (χ1n) is 6.44. The van der Waals surface area contributed by atoms with Gasteiger partial charge in [-0.05, 0) is 43.9 Å². The largest absolute Gasteiger partial charge is 0.494 e. The van der Waals surface area contributed by atoms with Crippen LogP contribution in [0.4, 0.5) is 0 Å². The minimum Gasteiger partial charge on any atom is -0.494 e. The van der Waals surface area contributed by atoms with Gasteiger partial charge in [-0.15, -0.1) is 0 Å². The van der Waals surface area contributed by atoms with Crippen molar-refractivity contribution in [3.8, 4) is 5.88 Å². The summed E-state index contributed by atoms with van der Waals surface area (Å²) in [4.78, 5) is 2.98. The summed E-state index contributed by atoms with van der Waals surface area (Å²) in [7, 11) is 0. The highest BCUT2D eigenvalue weighted by Gasteiger charge is 2.11. The zero-order chi connectivity index (χ0) is 12.5. The number of nitrogens with one attached hydrogen (secondary N) is 1. The van der Waals surface area contributed by atoms with E-state index in [0.29, 0.717) is 5.02 Å². The summed E-state index contributed by atoms with van der Waals surface area (Å²) in [6.45, 7) is 0. The van der Waals surface area contributed by atoms with Crippen molar-refractivity contribution in [3.63, 3.8) is 0 Å². The van der Waals surface area contributed by atoms with Gasteiger partial charge in [0.2, 0.25) is 0 Å². The Labute approximate surface area is 111 Å². The predicted molar refractivity (Wildman–Crippen MR) is 76.0 cm³/mol. The molecule has 1 saturated carbocycles. The van der Waals surface area contributed by atoms with Gasteiger partial charge in [-0.2, -0.15) is 0 Å². The number of aromatic amines is 1. The second-order valence-corrected chi connectivity index (χ2v) is 5.38. The number of hydrogen-bond donors (Lipinski definition) is 2. The Morgan fingerprint density at radius 1 is 1.17 bits per heavy atom. The molecule has 2 nitrogen and oxygen atoms in total. The molecule has 1 heterocycles. The van der Waals surface area contributed by atoms with Crippen molar-refractivity contribution in [2.45, 2.75) is 32.1 Å². The van der Waals surface area contributed by atoms with Gasteiger partial charge in [0.05, 0.1) is 5.52 Å². The van der Waals surface area contributed by atoms with Gasteiger partial charge in [-0.1, -0.05) is 29.7 Å². The zero-order valence-electron chi connectivity index (χ0n) is 10.2. The van der Waals surface area contributed by atoms with Crippen molar-refractivity contribution in [3.05, 3.63) is 34.4 Å².